The van der Waals surface area contributed by atoms with Crippen molar-refractivity contribution in [3.63, 3.8) is 0 Å². The molecule has 0 spiro atoms. The average molecular weight is 572 g/mol. The quantitative estimate of drug-likeness (QED) is 0.464. The number of sulfonamides is 1. The van der Waals surface area contributed by atoms with Crippen LogP contribution in [0.15, 0.2) is 53.4 Å². The van der Waals surface area contributed by atoms with Crippen LogP contribution in [0.4, 0.5) is 5.95 Å². The minimum absolute atomic E-state index is 0. The second-order valence-electron chi connectivity index (χ2n) is 10.9. The van der Waals surface area contributed by atoms with Gasteiger partial charge in [0.15, 0.2) is 0 Å². The van der Waals surface area contributed by atoms with Crippen LogP contribution in [0.5, 0.6) is 5.88 Å². The van der Waals surface area contributed by atoms with E-state index >= 15 is 0 Å². The van der Waals surface area contributed by atoms with Crippen LogP contribution >= 0.6 is 12.4 Å². The van der Waals surface area contributed by atoms with Gasteiger partial charge in [-0.15, -0.1) is 12.4 Å². The Hall–Kier alpha value is -3.21. The molecule has 5 rings (SSSR count). The highest BCUT2D eigenvalue weighted by molar-refractivity contribution is 7.92. The van der Waals surface area contributed by atoms with Gasteiger partial charge >= 0.3 is 0 Å². The van der Waals surface area contributed by atoms with Gasteiger partial charge in [-0.3, -0.25) is 9.69 Å². The zero-order chi connectivity index (χ0) is 27.2. The van der Waals surface area contributed by atoms with Crippen LogP contribution in [0.2, 0.25) is 0 Å². The number of aromatic nitrogens is 2. The van der Waals surface area contributed by atoms with Gasteiger partial charge in [0, 0.05) is 42.4 Å². The van der Waals surface area contributed by atoms with Gasteiger partial charge in [-0.25, -0.2) is 18.1 Å². The molecule has 1 amide bonds. The lowest BCUT2D eigenvalue weighted by Gasteiger charge is -2.35. The molecule has 2 aliphatic heterocycles. The van der Waals surface area contributed by atoms with E-state index in [2.05, 4.69) is 40.4 Å². The summed E-state index contributed by atoms with van der Waals surface area (Å²) in [6.07, 6.45) is -0.394. The monoisotopic (exact) mass is 571 g/mol. The van der Waals surface area contributed by atoms with Crippen LogP contribution in [-0.4, -0.2) is 71.9 Å². The zero-order valence-electron chi connectivity index (χ0n) is 22.8. The average Bonchev–Trinajstić information content (AvgIpc) is 3.05. The second-order valence-corrected chi connectivity index (χ2v) is 12.6. The molecule has 2 aromatic carbocycles. The fraction of sp³-hybridized carbons (Fsp3) is 0.393. The van der Waals surface area contributed by atoms with E-state index in [0.717, 1.165) is 16.7 Å². The topological polar surface area (TPSA) is 105 Å². The Morgan fingerprint density at radius 2 is 1.67 bits per heavy atom. The molecule has 6 bridgehead atoms. The van der Waals surface area contributed by atoms with E-state index in [1.54, 1.807) is 23.1 Å². The molecule has 9 nitrogen and oxygen atoms in total. The van der Waals surface area contributed by atoms with Crippen molar-refractivity contribution in [2.24, 2.45) is 0 Å². The Morgan fingerprint density at radius 1 is 0.974 bits per heavy atom. The molecule has 208 valence electrons. The third kappa shape index (κ3) is 6.03. The van der Waals surface area contributed by atoms with Crippen molar-refractivity contribution < 1.29 is 17.9 Å². The number of hydrogen-bond donors (Lipinski definition) is 1. The number of amides is 1. The van der Waals surface area contributed by atoms with Gasteiger partial charge in [-0.05, 0) is 63.9 Å². The van der Waals surface area contributed by atoms with E-state index in [0.29, 0.717) is 37.4 Å². The first-order chi connectivity index (χ1) is 17.9. The number of hydrogen-bond acceptors (Lipinski definition) is 7. The van der Waals surface area contributed by atoms with E-state index in [1.165, 1.54) is 12.1 Å². The summed E-state index contributed by atoms with van der Waals surface area (Å²) in [6, 6.07) is 13.8. The number of aryl methyl sites for hydroxylation is 2. The van der Waals surface area contributed by atoms with E-state index in [1.807, 2.05) is 32.0 Å². The van der Waals surface area contributed by atoms with E-state index in [-0.39, 0.29) is 40.6 Å². The van der Waals surface area contributed by atoms with Crippen LogP contribution in [0.25, 0.3) is 11.3 Å². The van der Waals surface area contributed by atoms with Gasteiger partial charge in [0.2, 0.25) is 11.8 Å². The van der Waals surface area contributed by atoms with Crippen molar-refractivity contribution in [2.45, 2.75) is 51.2 Å². The molecule has 0 saturated carbocycles. The lowest BCUT2D eigenvalue weighted by molar-refractivity contribution is 0.0676. The number of halogens is 1. The number of rotatable bonds is 1. The molecular weight excluding hydrogens is 538 g/mol. The number of ether oxygens (including phenoxy) is 1. The fourth-order valence-electron chi connectivity index (χ4n) is 5.05. The summed E-state index contributed by atoms with van der Waals surface area (Å²) in [5, 5.41) is 0. The van der Waals surface area contributed by atoms with Gasteiger partial charge in [-0.2, -0.15) is 4.98 Å². The van der Waals surface area contributed by atoms with Gasteiger partial charge < -0.3 is 9.64 Å². The Kier molecular flexibility index (Phi) is 7.93. The molecule has 3 aromatic rings. The molecule has 11 heteroatoms. The number of carbonyl (C=O) groups is 1. The van der Waals surface area contributed by atoms with Crippen molar-refractivity contribution in [1.29, 1.82) is 0 Å². The molecular formula is C28H34ClN5O4S. The normalized spacial score (nSPS) is 19.3. The summed E-state index contributed by atoms with van der Waals surface area (Å²) in [6.45, 7) is 12.5. The maximum atomic E-state index is 13.6. The Bertz CT molecular complexity index is 1490. The fourth-order valence-corrected chi connectivity index (χ4v) is 6.04. The minimum atomic E-state index is -4.07. The SMILES string of the molecule is Cc1cccc(C)c1-c1cc2nc(n1)NS(=O)(=O)c1cccc(c1)C(=O)N1CCN(C(C)(C)C)C[C@H](C1)O2.Cl. The Labute approximate surface area is 236 Å². The van der Waals surface area contributed by atoms with Gasteiger partial charge in [0.1, 0.15) is 6.10 Å². The van der Waals surface area contributed by atoms with Crippen LogP contribution in [0.3, 0.4) is 0 Å². The standard InChI is InChI=1S/C28H33N5O4S.ClH/c1-18-8-6-9-19(2)25(18)23-15-24-30-27(29-23)31-38(35,36)22-11-7-10-20(14-22)26(34)32-12-13-33(28(3,4)5)17-21(16-32)37-24;/h6-11,14-15,21H,12-13,16-17H2,1-5H3,(H,29,30,31);1H/t21-;/m0./s1. The summed E-state index contributed by atoms with van der Waals surface area (Å²) in [4.78, 5) is 26.6. The molecule has 2 aliphatic rings. The number of fused-ring (bicyclic) bond motifs is 6. The zero-order valence-corrected chi connectivity index (χ0v) is 24.4. The number of nitrogens with zero attached hydrogens (tertiary/aromatic N) is 4. The van der Waals surface area contributed by atoms with Gasteiger partial charge in [0.25, 0.3) is 15.9 Å². The van der Waals surface area contributed by atoms with Crippen molar-refractivity contribution >= 4 is 34.3 Å². The summed E-state index contributed by atoms with van der Waals surface area (Å²) < 4.78 is 35.6. The van der Waals surface area contributed by atoms with Crippen molar-refractivity contribution in [3.05, 3.63) is 65.2 Å². The molecule has 1 atom stereocenters. The molecule has 1 saturated heterocycles. The Morgan fingerprint density at radius 3 is 2.36 bits per heavy atom. The van der Waals surface area contributed by atoms with Crippen LogP contribution in [0.1, 0.15) is 42.3 Å². The Balaban J connectivity index is 0.00000353. The van der Waals surface area contributed by atoms with Crippen molar-refractivity contribution in [3.8, 4) is 17.1 Å². The van der Waals surface area contributed by atoms with E-state index in [9.17, 15) is 13.2 Å². The number of carbonyl (C=O) groups excluding carboxylic acids is 1. The van der Waals surface area contributed by atoms with E-state index < -0.39 is 16.1 Å². The largest absolute Gasteiger partial charge is 0.471 e. The minimum Gasteiger partial charge on any atom is -0.471 e. The first-order valence-corrected chi connectivity index (χ1v) is 14.2. The smallest absolute Gasteiger partial charge is 0.264 e. The lowest BCUT2D eigenvalue weighted by Crippen LogP contribution is -2.47. The molecule has 1 fully saturated rings. The predicted molar refractivity (Wildman–Crippen MR) is 153 cm³/mol. The van der Waals surface area contributed by atoms with E-state index in [4.69, 9.17) is 4.74 Å². The summed E-state index contributed by atoms with van der Waals surface area (Å²) >= 11 is 0. The lowest BCUT2D eigenvalue weighted by atomic mass is 10.00. The van der Waals surface area contributed by atoms with Crippen LogP contribution in [-0.2, 0) is 10.0 Å². The van der Waals surface area contributed by atoms with Gasteiger partial charge in [-0.1, -0.05) is 24.3 Å². The summed E-state index contributed by atoms with van der Waals surface area (Å²) in [7, 11) is -4.07. The second kappa shape index (κ2) is 10.7. The molecule has 0 unspecified atom stereocenters. The first kappa shape index (κ1) is 28.8. The third-order valence-corrected chi connectivity index (χ3v) is 8.39. The highest BCUT2D eigenvalue weighted by Gasteiger charge is 2.33. The predicted octanol–water partition coefficient (Wildman–Crippen LogP) is 4.30. The summed E-state index contributed by atoms with van der Waals surface area (Å²) in [5.74, 6) is -0.0802. The number of benzene rings is 2. The third-order valence-electron chi connectivity index (χ3n) is 7.07. The molecule has 1 aromatic heterocycles. The van der Waals surface area contributed by atoms with Crippen LogP contribution < -0.4 is 9.46 Å². The molecule has 1 N–H and O–H groups in total. The highest BCUT2D eigenvalue weighted by Crippen LogP contribution is 2.30. The highest BCUT2D eigenvalue weighted by atomic mass is 35.5. The first-order valence-electron chi connectivity index (χ1n) is 12.7. The molecule has 0 radical (unpaired) electrons. The molecule has 0 aliphatic carbocycles. The number of anilines is 1. The number of nitrogens with one attached hydrogen (secondary N) is 1. The summed E-state index contributed by atoms with van der Waals surface area (Å²) in [5.41, 5.74) is 3.61. The molecule has 3 heterocycles. The maximum Gasteiger partial charge on any atom is 0.264 e. The molecule has 39 heavy (non-hydrogen) atoms. The van der Waals surface area contributed by atoms with Crippen molar-refractivity contribution in [2.75, 3.05) is 30.9 Å². The van der Waals surface area contributed by atoms with Crippen LogP contribution in [0, 0.1) is 13.8 Å². The van der Waals surface area contributed by atoms with Gasteiger partial charge in [0.05, 0.1) is 17.1 Å². The maximum absolute atomic E-state index is 13.6. The van der Waals surface area contributed by atoms with Crippen molar-refractivity contribution in [1.82, 2.24) is 19.8 Å².